The first-order chi connectivity index (χ1) is 8.53. The first kappa shape index (κ1) is 16.4. The molecule has 1 amide bonds. The quantitative estimate of drug-likeness (QED) is 0.624. The van der Waals surface area contributed by atoms with Crippen molar-refractivity contribution in [3.8, 4) is 0 Å². The van der Waals surface area contributed by atoms with Crippen LogP contribution in [0.4, 0.5) is 0 Å². The molecule has 0 unspecified atom stereocenters. The van der Waals surface area contributed by atoms with Crippen LogP contribution in [0.1, 0.15) is 34.1 Å². The lowest BCUT2D eigenvalue weighted by atomic mass is 10.2. The smallest absolute Gasteiger partial charge is 0.224 e. The van der Waals surface area contributed by atoms with Crippen molar-refractivity contribution in [3.05, 3.63) is 12.2 Å². The number of hydrogen-bond acceptors (Lipinski definition) is 3. The van der Waals surface area contributed by atoms with E-state index in [0.29, 0.717) is 13.0 Å². The molecule has 0 spiro atoms. The summed E-state index contributed by atoms with van der Waals surface area (Å²) in [5.41, 5.74) is 0.937. The van der Waals surface area contributed by atoms with Crippen LogP contribution in [0.2, 0.25) is 18.1 Å². The monoisotopic (exact) mass is 285 g/mol. The van der Waals surface area contributed by atoms with Crippen molar-refractivity contribution in [1.29, 1.82) is 0 Å². The molecule has 2 atom stereocenters. The SMILES string of the molecule is C=C(C)CO[C@@H]1NC(=O)C[C@H]1O[Si](C)(C)C(C)(C)C. The molecule has 0 saturated carbocycles. The molecule has 0 aliphatic carbocycles. The Morgan fingerprint density at radius 3 is 2.53 bits per heavy atom. The molecule has 1 saturated heterocycles. The normalized spacial score (nSPS) is 24.4. The van der Waals surface area contributed by atoms with E-state index in [2.05, 4.69) is 45.8 Å². The Morgan fingerprint density at radius 1 is 1.47 bits per heavy atom. The van der Waals surface area contributed by atoms with Gasteiger partial charge >= 0.3 is 0 Å². The van der Waals surface area contributed by atoms with Gasteiger partial charge in [-0.2, -0.15) is 0 Å². The molecular weight excluding hydrogens is 258 g/mol. The van der Waals surface area contributed by atoms with Gasteiger partial charge in [-0.25, -0.2) is 0 Å². The van der Waals surface area contributed by atoms with Crippen molar-refractivity contribution in [1.82, 2.24) is 5.32 Å². The predicted molar refractivity (Wildman–Crippen MR) is 79.4 cm³/mol. The molecule has 0 aromatic heterocycles. The summed E-state index contributed by atoms with van der Waals surface area (Å²) in [5, 5.41) is 2.95. The molecule has 1 N–H and O–H groups in total. The number of ether oxygens (including phenoxy) is 1. The molecule has 0 aromatic carbocycles. The zero-order valence-corrected chi connectivity index (χ0v) is 14.0. The molecule has 1 rings (SSSR count). The minimum absolute atomic E-state index is 0.00424. The fourth-order valence-corrected chi connectivity index (χ4v) is 2.96. The van der Waals surface area contributed by atoms with Crippen LogP contribution in [-0.4, -0.2) is 33.2 Å². The fraction of sp³-hybridized carbons (Fsp3) is 0.786. The molecule has 5 heteroatoms. The van der Waals surface area contributed by atoms with E-state index >= 15 is 0 Å². The Bertz CT molecular complexity index is 360. The van der Waals surface area contributed by atoms with Crippen LogP contribution in [0.25, 0.3) is 0 Å². The van der Waals surface area contributed by atoms with Gasteiger partial charge in [0.25, 0.3) is 0 Å². The van der Waals surface area contributed by atoms with Crippen LogP contribution >= 0.6 is 0 Å². The van der Waals surface area contributed by atoms with Gasteiger partial charge < -0.3 is 14.5 Å². The topological polar surface area (TPSA) is 47.6 Å². The van der Waals surface area contributed by atoms with Crippen molar-refractivity contribution in [2.75, 3.05) is 6.61 Å². The standard InChI is InChI=1S/C14H27NO3Si/c1-10(2)9-17-13-11(8-12(16)15-13)18-19(6,7)14(3,4)5/h11,13H,1,8-9H2,2-7H3,(H,15,16)/t11-,13+/m1/s1. The number of carbonyl (C=O) groups excluding carboxylic acids is 1. The second kappa shape index (κ2) is 5.77. The largest absolute Gasteiger partial charge is 0.409 e. The molecule has 1 heterocycles. The molecule has 1 fully saturated rings. The first-order valence-corrected chi connectivity index (χ1v) is 9.67. The van der Waals surface area contributed by atoms with Gasteiger partial charge in [-0.05, 0) is 25.1 Å². The van der Waals surface area contributed by atoms with Gasteiger partial charge in [0.2, 0.25) is 5.91 Å². The van der Waals surface area contributed by atoms with E-state index in [4.69, 9.17) is 9.16 Å². The molecule has 0 bridgehead atoms. The van der Waals surface area contributed by atoms with Crippen LogP contribution in [0.15, 0.2) is 12.2 Å². The average molecular weight is 285 g/mol. The Hall–Kier alpha value is -0.653. The first-order valence-electron chi connectivity index (χ1n) is 6.76. The van der Waals surface area contributed by atoms with Gasteiger partial charge in [0, 0.05) is 0 Å². The second-order valence-corrected chi connectivity index (χ2v) is 11.6. The van der Waals surface area contributed by atoms with E-state index in [0.717, 1.165) is 5.57 Å². The third-order valence-electron chi connectivity index (χ3n) is 3.79. The number of amides is 1. The zero-order chi connectivity index (χ0) is 14.8. The maximum Gasteiger partial charge on any atom is 0.224 e. The van der Waals surface area contributed by atoms with Crippen molar-refractivity contribution in [3.63, 3.8) is 0 Å². The van der Waals surface area contributed by atoms with E-state index in [1.165, 1.54) is 0 Å². The van der Waals surface area contributed by atoms with Crippen LogP contribution < -0.4 is 5.32 Å². The summed E-state index contributed by atoms with van der Waals surface area (Å²) in [6.07, 6.45) is -0.154. The van der Waals surface area contributed by atoms with E-state index < -0.39 is 8.32 Å². The minimum Gasteiger partial charge on any atom is -0.409 e. The molecular formula is C14H27NO3Si. The van der Waals surface area contributed by atoms with Crippen LogP contribution in [-0.2, 0) is 14.0 Å². The lowest BCUT2D eigenvalue weighted by Gasteiger charge is -2.39. The van der Waals surface area contributed by atoms with Gasteiger partial charge in [0.1, 0.15) is 0 Å². The lowest BCUT2D eigenvalue weighted by molar-refractivity contribution is -0.120. The van der Waals surface area contributed by atoms with Gasteiger partial charge in [0.05, 0.1) is 19.1 Å². The summed E-state index contributed by atoms with van der Waals surface area (Å²) in [6, 6.07) is 0. The molecule has 0 radical (unpaired) electrons. The highest BCUT2D eigenvalue weighted by molar-refractivity contribution is 6.74. The third kappa shape index (κ3) is 4.44. The van der Waals surface area contributed by atoms with Crippen molar-refractivity contribution in [2.45, 2.75) is 64.6 Å². The fourth-order valence-electron chi connectivity index (χ4n) is 1.64. The molecule has 1 aliphatic heterocycles. The summed E-state index contributed by atoms with van der Waals surface area (Å²) < 4.78 is 12.0. The van der Waals surface area contributed by atoms with E-state index in [1.54, 1.807) is 0 Å². The van der Waals surface area contributed by atoms with Crippen molar-refractivity contribution < 1.29 is 14.0 Å². The highest BCUT2D eigenvalue weighted by Crippen LogP contribution is 2.38. The molecule has 0 aromatic rings. The van der Waals surface area contributed by atoms with Crippen molar-refractivity contribution in [2.24, 2.45) is 0 Å². The summed E-state index contributed by atoms with van der Waals surface area (Å²) >= 11 is 0. The Balaban J connectivity index is 2.69. The Labute approximate surface area is 117 Å². The maximum absolute atomic E-state index is 11.6. The van der Waals surface area contributed by atoms with Gasteiger partial charge in [0.15, 0.2) is 14.5 Å². The van der Waals surface area contributed by atoms with Gasteiger partial charge in [-0.15, -0.1) is 0 Å². The summed E-state index contributed by atoms with van der Waals surface area (Å²) in [5.74, 6) is -0.00424. The Kier molecular flexibility index (Phi) is 4.98. The molecule has 4 nitrogen and oxygen atoms in total. The number of hydrogen-bond donors (Lipinski definition) is 1. The maximum atomic E-state index is 11.6. The zero-order valence-electron chi connectivity index (χ0n) is 13.0. The highest BCUT2D eigenvalue weighted by Gasteiger charge is 2.44. The van der Waals surface area contributed by atoms with Crippen LogP contribution in [0.3, 0.4) is 0 Å². The van der Waals surface area contributed by atoms with E-state index in [9.17, 15) is 4.79 Å². The lowest BCUT2D eigenvalue weighted by Crippen LogP contribution is -2.47. The number of carbonyl (C=O) groups is 1. The average Bonchev–Trinajstić information content (AvgIpc) is 2.53. The minimum atomic E-state index is -1.89. The van der Waals surface area contributed by atoms with Crippen LogP contribution in [0.5, 0.6) is 0 Å². The summed E-state index contributed by atoms with van der Waals surface area (Å²) in [6.45, 7) is 17.1. The third-order valence-corrected chi connectivity index (χ3v) is 8.29. The molecule has 110 valence electrons. The van der Waals surface area contributed by atoms with E-state index in [-0.39, 0.29) is 23.3 Å². The van der Waals surface area contributed by atoms with Crippen LogP contribution in [0, 0.1) is 0 Å². The predicted octanol–water partition coefficient (Wildman–Crippen LogP) is 2.82. The number of nitrogens with one attached hydrogen (secondary N) is 1. The summed E-state index contributed by atoms with van der Waals surface area (Å²) in [7, 11) is -1.89. The van der Waals surface area contributed by atoms with Gasteiger partial charge in [-0.3, -0.25) is 4.79 Å². The van der Waals surface area contributed by atoms with Gasteiger partial charge in [-0.1, -0.05) is 32.9 Å². The van der Waals surface area contributed by atoms with Crippen molar-refractivity contribution >= 4 is 14.2 Å². The molecule has 1 aliphatic rings. The van der Waals surface area contributed by atoms with E-state index in [1.807, 2.05) is 6.92 Å². The Morgan fingerprint density at radius 2 is 2.05 bits per heavy atom. The number of rotatable bonds is 5. The second-order valence-electron chi connectivity index (χ2n) is 6.88. The molecule has 19 heavy (non-hydrogen) atoms. The summed E-state index contributed by atoms with van der Waals surface area (Å²) in [4.78, 5) is 11.6. The highest BCUT2D eigenvalue weighted by atomic mass is 28.4.